The topological polar surface area (TPSA) is 93.1 Å². The third-order valence-electron chi connectivity index (χ3n) is 5.46. The van der Waals surface area contributed by atoms with Crippen LogP contribution in [0.25, 0.3) is 10.9 Å². The molecule has 0 bridgehead atoms. The Hall–Kier alpha value is -3.43. The van der Waals surface area contributed by atoms with E-state index in [2.05, 4.69) is 66.6 Å². The van der Waals surface area contributed by atoms with Gasteiger partial charge in [-0.2, -0.15) is 5.26 Å². The molecule has 166 valence electrons. The van der Waals surface area contributed by atoms with Gasteiger partial charge in [-0.15, -0.1) is 0 Å². The molecule has 0 spiro atoms. The number of aromatic nitrogens is 1. The normalized spacial score (nSPS) is 15.8. The maximum Gasteiger partial charge on any atom is 0.300 e. The van der Waals surface area contributed by atoms with E-state index >= 15 is 0 Å². The molecule has 1 fully saturated rings. The number of nitrogens with one attached hydrogen (secondary N) is 3. The zero-order valence-electron chi connectivity index (χ0n) is 18.2. The van der Waals surface area contributed by atoms with Crippen molar-refractivity contribution in [3.05, 3.63) is 58.7 Å². The molecule has 0 saturated carbocycles. The molecule has 1 saturated heterocycles. The van der Waals surface area contributed by atoms with E-state index in [4.69, 9.17) is 0 Å². The minimum absolute atomic E-state index is 0.372. The second-order valence-corrected chi connectivity index (χ2v) is 8.72. The van der Waals surface area contributed by atoms with Crippen LogP contribution in [0, 0.1) is 23.2 Å². The summed E-state index contributed by atoms with van der Waals surface area (Å²) in [4.78, 5) is 19.0. The lowest BCUT2D eigenvalue weighted by Gasteiger charge is -2.32. The van der Waals surface area contributed by atoms with Crippen LogP contribution in [-0.2, 0) is 4.79 Å². The molecule has 3 aromatic rings. The number of pyridine rings is 1. The lowest BCUT2D eigenvalue weighted by atomic mass is 10.1. The molecule has 1 aliphatic heterocycles. The van der Waals surface area contributed by atoms with E-state index in [0.29, 0.717) is 35.0 Å². The van der Waals surface area contributed by atoms with Crippen LogP contribution < -0.4 is 16.0 Å². The van der Waals surface area contributed by atoms with Gasteiger partial charge in [-0.25, -0.2) is 0 Å². The van der Waals surface area contributed by atoms with Crippen LogP contribution in [-0.4, -0.2) is 48.0 Å². The molecule has 2 aromatic carbocycles. The first-order valence-electron chi connectivity index (χ1n) is 10.6. The van der Waals surface area contributed by atoms with Crippen molar-refractivity contribution in [3.63, 3.8) is 0 Å². The lowest BCUT2D eigenvalue weighted by molar-refractivity contribution is -0.111. The molecule has 0 aliphatic carbocycles. The van der Waals surface area contributed by atoms with Crippen molar-refractivity contribution < 1.29 is 4.79 Å². The fourth-order valence-electron chi connectivity index (χ4n) is 3.70. The molecule has 1 atom stereocenters. The van der Waals surface area contributed by atoms with Crippen molar-refractivity contribution in [1.29, 1.82) is 5.26 Å². The standard InChI is InChI=1S/C25H23BrN6O/c1-17-15-28-9-11-32(17)10-3-6-24(33)30-21-7-8-23-22(13-21)25(18(14-27)16-29-23)31-20-5-2-4-19(26)12-20/h2,4-5,7-8,12-13,16-17,28H,9-11,15H2,1H3,(H,29,31)(H,30,33). The number of benzene rings is 2. The van der Waals surface area contributed by atoms with Crippen LogP contribution in [0.15, 0.2) is 53.1 Å². The van der Waals surface area contributed by atoms with Crippen LogP contribution in [0.1, 0.15) is 12.5 Å². The minimum atomic E-state index is -0.372. The molecule has 33 heavy (non-hydrogen) atoms. The quantitative estimate of drug-likeness (QED) is 0.469. The smallest absolute Gasteiger partial charge is 0.300 e. The average molecular weight is 503 g/mol. The number of amides is 1. The van der Waals surface area contributed by atoms with Gasteiger partial charge in [0.25, 0.3) is 5.91 Å². The number of anilines is 3. The fourth-order valence-corrected chi connectivity index (χ4v) is 4.10. The third kappa shape index (κ3) is 5.68. The second kappa shape index (κ2) is 10.5. The van der Waals surface area contributed by atoms with Gasteiger partial charge in [-0.3, -0.25) is 14.7 Å². The monoisotopic (exact) mass is 502 g/mol. The Bertz CT molecular complexity index is 1290. The molecule has 1 aromatic heterocycles. The summed E-state index contributed by atoms with van der Waals surface area (Å²) < 4.78 is 0.922. The number of carbonyl (C=O) groups is 1. The van der Waals surface area contributed by atoms with Crippen molar-refractivity contribution in [2.45, 2.75) is 13.0 Å². The van der Waals surface area contributed by atoms with E-state index in [-0.39, 0.29) is 5.91 Å². The molecule has 1 unspecified atom stereocenters. The zero-order valence-corrected chi connectivity index (χ0v) is 19.7. The average Bonchev–Trinajstić information content (AvgIpc) is 2.81. The summed E-state index contributed by atoms with van der Waals surface area (Å²) in [7, 11) is 0. The van der Waals surface area contributed by atoms with Gasteiger partial charge in [-0.05, 0) is 49.2 Å². The summed E-state index contributed by atoms with van der Waals surface area (Å²) in [5.74, 6) is 5.28. The largest absolute Gasteiger partial charge is 0.354 e. The summed E-state index contributed by atoms with van der Waals surface area (Å²) in [6, 6.07) is 15.7. The van der Waals surface area contributed by atoms with Crippen LogP contribution in [0.4, 0.5) is 17.1 Å². The Morgan fingerprint density at radius 2 is 2.18 bits per heavy atom. The van der Waals surface area contributed by atoms with E-state index in [1.165, 1.54) is 0 Å². The van der Waals surface area contributed by atoms with Crippen molar-refractivity contribution in [3.8, 4) is 17.9 Å². The highest BCUT2D eigenvalue weighted by molar-refractivity contribution is 9.10. The third-order valence-corrected chi connectivity index (χ3v) is 5.96. The molecule has 0 radical (unpaired) electrons. The molecule has 8 heteroatoms. The highest BCUT2D eigenvalue weighted by Crippen LogP contribution is 2.31. The van der Waals surface area contributed by atoms with Gasteiger partial charge in [0.1, 0.15) is 6.07 Å². The van der Waals surface area contributed by atoms with Gasteiger partial charge in [0.2, 0.25) is 0 Å². The number of halogens is 1. The van der Waals surface area contributed by atoms with Crippen LogP contribution in [0.2, 0.25) is 0 Å². The van der Waals surface area contributed by atoms with Gasteiger partial charge in [0, 0.05) is 53.1 Å². The van der Waals surface area contributed by atoms with E-state index in [1.807, 2.05) is 30.3 Å². The first-order chi connectivity index (χ1) is 16.0. The molecule has 1 amide bonds. The summed E-state index contributed by atoms with van der Waals surface area (Å²) in [6.07, 6.45) is 1.55. The second-order valence-electron chi connectivity index (χ2n) is 7.81. The van der Waals surface area contributed by atoms with E-state index in [9.17, 15) is 10.1 Å². The number of nitriles is 1. The first-order valence-corrected chi connectivity index (χ1v) is 11.4. The van der Waals surface area contributed by atoms with E-state index in [0.717, 1.165) is 35.2 Å². The van der Waals surface area contributed by atoms with Crippen molar-refractivity contribution in [2.75, 3.05) is 36.8 Å². The van der Waals surface area contributed by atoms with E-state index < -0.39 is 0 Å². The van der Waals surface area contributed by atoms with Crippen molar-refractivity contribution in [1.82, 2.24) is 15.2 Å². The zero-order chi connectivity index (χ0) is 23.2. The van der Waals surface area contributed by atoms with Gasteiger partial charge in [0.15, 0.2) is 0 Å². The van der Waals surface area contributed by atoms with Gasteiger partial charge in [0.05, 0.1) is 23.3 Å². The van der Waals surface area contributed by atoms with Crippen molar-refractivity contribution in [2.24, 2.45) is 0 Å². The number of carbonyl (C=O) groups excluding carboxylic acids is 1. The number of rotatable bonds is 4. The number of nitrogens with zero attached hydrogens (tertiary/aromatic N) is 3. The fraction of sp³-hybridized carbons (Fsp3) is 0.240. The predicted molar refractivity (Wildman–Crippen MR) is 134 cm³/mol. The summed E-state index contributed by atoms with van der Waals surface area (Å²) >= 11 is 3.46. The molecule has 1 aliphatic rings. The molecule has 2 heterocycles. The number of piperazine rings is 1. The maximum absolute atomic E-state index is 12.4. The Morgan fingerprint density at radius 1 is 1.30 bits per heavy atom. The minimum Gasteiger partial charge on any atom is -0.354 e. The van der Waals surface area contributed by atoms with Crippen LogP contribution in [0.3, 0.4) is 0 Å². The molecular weight excluding hydrogens is 480 g/mol. The van der Waals surface area contributed by atoms with Crippen molar-refractivity contribution >= 4 is 49.8 Å². The molecular formula is C25H23BrN6O. The van der Waals surface area contributed by atoms with Crippen LogP contribution >= 0.6 is 15.9 Å². The summed E-state index contributed by atoms with van der Waals surface area (Å²) in [5.41, 5.74) is 3.18. The van der Waals surface area contributed by atoms with Gasteiger partial charge in [-0.1, -0.05) is 27.9 Å². The molecule has 7 nitrogen and oxygen atoms in total. The summed E-state index contributed by atoms with van der Waals surface area (Å²) in [6.45, 7) is 5.49. The van der Waals surface area contributed by atoms with Gasteiger partial charge >= 0.3 is 0 Å². The molecule has 3 N–H and O–H groups in total. The SMILES string of the molecule is CC1CNCCN1CC#CC(=O)Nc1ccc2ncc(C#N)c(Nc3cccc(Br)c3)c2c1. The Kier molecular flexibility index (Phi) is 7.21. The highest BCUT2D eigenvalue weighted by atomic mass is 79.9. The Labute approximate surface area is 201 Å². The number of hydrogen-bond acceptors (Lipinski definition) is 6. The number of hydrogen-bond donors (Lipinski definition) is 3. The predicted octanol–water partition coefficient (Wildman–Crippen LogP) is 3.85. The maximum atomic E-state index is 12.4. The van der Waals surface area contributed by atoms with Gasteiger partial charge < -0.3 is 16.0 Å². The molecule has 4 rings (SSSR count). The lowest BCUT2D eigenvalue weighted by Crippen LogP contribution is -2.49. The first kappa shape index (κ1) is 22.8. The Balaban J connectivity index is 1.55. The van der Waals surface area contributed by atoms with Crippen LogP contribution in [0.5, 0.6) is 0 Å². The Morgan fingerprint density at radius 3 is 2.97 bits per heavy atom. The summed E-state index contributed by atoms with van der Waals surface area (Å²) in [5, 5.41) is 19.8. The number of fused-ring (bicyclic) bond motifs is 1. The van der Waals surface area contributed by atoms with E-state index in [1.54, 1.807) is 18.3 Å². The highest BCUT2D eigenvalue weighted by Gasteiger charge is 2.16.